The molecule has 0 aliphatic rings. The Morgan fingerprint density at radius 2 is 1.84 bits per heavy atom. The second-order valence-corrected chi connectivity index (χ2v) is 7.58. The van der Waals surface area contributed by atoms with Crippen LogP contribution in [0.15, 0.2) is 48.5 Å². The zero-order valence-corrected chi connectivity index (χ0v) is 18.0. The van der Waals surface area contributed by atoms with Crippen LogP contribution in [0.1, 0.15) is 27.9 Å². The van der Waals surface area contributed by atoms with E-state index in [9.17, 15) is 22.8 Å². The van der Waals surface area contributed by atoms with Crippen LogP contribution in [0, 0.1) is 6.92 Å². The summed E-state index contributed by atoms with van der Waals surface area (Å²) in [4.78, 5) is 28.8. The average molecular weight is 464 g/mol. The molecule has 0 fully saturated rings. The van der Waals surface area contributed by atoms with E-state index in [0.29, 0.717) is 32.6 Å². The summed E-state index contributed by atoms with van der Waals surface area (Å²) < 4.78 is 48.4. The van der Waals surface area contributed by atoms with Crippen LogP contribution >= 0.6 is 11.3 Å². The van der Waals surface area contributed by atoms with Gasteiger partial charge in [-0.3, -0.25) is 4.79 Å². The average Bonchev–Trinajstić information content (AvgIpc) is 3.14. The van der Waals surface area contributed by atoms with Gasteiger partial charge in [0.25, 0.3) is 5.91 Å². The van der Waals surface area contributed by atoms with Crippen molar-refractivity contribution >= 4 is 28.9 Å². The number of aromatic nitrogens is 1. The minimum absolute atomic E-state index is 0.251. The van der Waals surface area contributed by atoms with E-state index >= 15 is 0 Å². The largest absolute Gasteiger partial charge is 0.482 e. The molecule has 1 N–H and O–H groups in total. The number of rotatable bonds is 7. The summed E-state index contributed by atoms with van der Waals surface area (Å²) >= 11 is 1.08. The quantitative estimate of drug-likeness (QED) is 0.478. The van der Waals surface area contributed by atoms with E-state index in [1.54, 1.807) is 38.1 Å². The molecule has 0 saturated heterocycles. The van der Waals surface area contributed by atoms with Crippen LogP contribution in [0.5, 0.6) is 5.75 Å². The van der Waals surface area contributed by atoms with Crippen LogP contribution in [0.25, 0.3) is 10.6 Å². The van der Waals surface area contributed by atoms with Gasteiger partial charge in [0.15, 0.2) is 6.61 Å². The molecule has 0 aliphatic carbocycles. The van der Waals surface area contributed by atoms with Gasteiger partial charge < -0.3 is 14.8 Å². The second-order valence-electron chi connectivity index (χ2n) is 6.58. The van der Waals surface area contributed by atoms with Crippen LogP contribution in [-0.4, -0.2) is 30.1 Å². The monoisotopic (exact) mass is 464 g/mol. The predicted octanol–water partition coefficient (Wildman–Crippen LogP) is 5.33. The number of anilines is 1. The molecule has 0 unspecified atom stereocenters. The molecule has 1 heterocycles. The third-order valence-corrected chi connectivity index (χ3v) is 5.42. The number of carbonyl (C=O) groups excluding carboxylic acids is 2. The first kappa shape index (κ1) is 23.3. The van der Waals surface area contributed by atoms with Gasteiger partial charge in [-0.2, -0.15) is 13.2 Å². The molecule has 2 aromatic carbocycles. The highest BCUT2D eigenvalue weighted by Crippen LogP contribution is 2.33. The van der Waals surface area contributed by atoms with Gasteiger partial charge in [0, 0.05) is 17.3 Å². The molecule has 0 bridgehead atoms. The number of alkyl halides is 3. The molecule has 0 spiro atoms. The number of hydrogen-bond acceptors (Lipinski definition) is 6. The first-order chi connectivity index (χ1) is 15.2. The van der Waals surface area contributed by atoms with E-state index in [-0.39, 0.29) is 13.2 Å². The zero-order valence-electron chi connectivity index (χ0n) is 17.2. The van der Waals surface area contributed by atoms with Crippen molar-refractivity contribution in [3.05, 3.63) is 64.7 Å². The molecule has 168 valence electrons. The summed E-state index contributed by atoms with van der Waals surface area (Å²) in [6.07, 6.45) is -4.42. The van der Waals surface area contributed by atoms with Gasteiger partial charge in [0.2, 0.25) is 0 Å². The maximum absolute atomic E-state index is 12.8. The Morgan fingerprint density at radius 1 is 1.12 bits per heavy atom. The van der Waals surface area contributed by atoms with Gasteiger partial charge in [-0.1, -0.05) is 18.2 Å². The lowest BCUT2D eigenvalue weighted by Gasteiger charge is -2.08. The Labute approximate surface area is 186 Å². The van der Waals surface area contributed by atoms with E-state index in [1.807, 2.05) is 0 Å². The molecule has 0 atom stereocenters. The number of benzene rings is 2. The SMILES string of the molecule is CCOC(=O)COc1cccc(NC(=O)c2sc(-c3ccc(C(F)(F)F)cc3)nc2C)c1. The van der Waals surface area contributed by atoms with Crippen molar-refractivity contribution in [3.63, 3.8) is 0 Å². The summed E-state index contributed by atoms with van der Waals surface area (Å²) in [5, 5.41) is 3.17. The van der Waals surface area contributed by atoms with Crippen molar-refractivity contribution in [2.45, 2.75) is 20.0 Å². The molecule has 3 rings (SSSR count). The molecule has 6 nitrogen and oxygen atoms in total. The summed E-state index contributed by atoms with van der Waals surface area (Å²) in [6, 6.07) is 11.1. The molecular formula is C22H19F3N2O4S. The van der Waals surface area contributed by atoms with Gasteiger partial charge in [-0.05, 0) is 38.1 Å². The molecule has 10 heteroatoms. The number of nitrogens with zero attached hydrogens (tertiary/aromatic N) is 1. The van der Waals surface area contributed by atoms with Crippen molar-refractivity contribution in [2.75, 3.05) is 18.5 Å². The Morgan fingerprint density at radius 3 is 2.50 bits per heavy atom. The van der Waals surface area contributed by atoms with E-state index in [2.05, 4.69) is 10.3 Å². The normalized spacial score (nSPS) is 11.2. The lowest BCUT2D eigenvalue weighted by Crippen LogP contribution is -2.15. The molecule has 32 heavy (non-hydrogen) atoms. The highest BCUT2D eigenvalue weighted by atomic mass is 32.1. The minimum Gasteiger partial charge on any atom is -0.482 e. The number of ether oxygens (including phenoxy) is 2. The molecule has 0 radical (unpaired) electrons. The summed E-state index contributed by atoms with van der Waals surface area (Å²) in [5.41, 5.74) is 0.634. The topological polar surface area (TPSA) is 77.5 Å². The molecule has 1 aromatic heterocycles. The van der Waals surface area contributed by atoms with Crippen LogP contribution in [0.4, 0.5) is 18.9 Å². The van der Waals surface area contributed by atoms with Gasteiger partial charge in [-0.15, -0.1) is 11.3 Å². The smallest absolute Gasteiger partial charge is 0.416 e. The Bertz CT molecular complexity index is 1110. The van der Waals surface area contributed by atoms with Crippen molar-refractivity contribution in [2.24, 2.45) is 0 Å². The number of thiazole rings is 1. The summed E-state index contributed by atoms with van der Waals surface area (Å²) in [6.45, 7) is 3.34. The van der Waals surface area contributed by atoms with Gasteiger partial charge in [0.05, 0.1) is 17.9 Å². The molecule has 0 saturated carbocycles. The van der Waals surface area contributed by atoms with Gasteiger partial charge in [0.1, 0.15) is 15.6 Å². The summed E-state index contributed by atoms with van der Waals surface area (Å²) in [5.74, 6) is -0.541. The minimum atomic E-state index is -4.42. The zero-order chi connectivity index (χ0) is 23.3. The van der Waals surface area contributed by atoms with Crippen LogP contribution < -0.4 is 10.1 Å². The molecule has 3 aromatic rings. The van der Waals surface area contributed by atoms with Crippen molar-refractivity contribution in [1.29, 1.82) is 0 Å². The lowest BCUT2D eigenvalue weighted by molar-refractivity contribution is -0.145. The number of esters is 1. The van der Waals surface area contributed by atoms with Crippen LogP contribution in [-0.2, 0) is 15.7 Å². The van der Waals surface area contributed by atoms with Gasteiger partial charge in [-0.25, -0.2) is 9.78 Å². The number of halogens is 3. The van der Waals surface area contributed by atoms with Crippen molar-refractivity contribution in [3.8, 4) is 16.3 Å². The standard InChI is InChI=1S/C22H19F3N2O4S/c1-3-30-18(28)12-31-17-6-4-5-16(11-17)27-20(29)19-13(2)26-21(32-19)14-7-9-15(10-8-14)22(23,24)25/h4-11H,3,12H2,1-2H3,(H,27,29). The highest BCUT2D eigenvalue weighted by Gasteiger charge is 2.30. The molecular weight excluding hydrogens is 445 g/mol. The van der Waals surface area contributed by atoms with Crippen LogP contribution in [0.2, 0.25) is 0 Å². The number of carbonyl (C=O) groups is 2. The van der Waals surface area contributed by atoms with Crippen molar-refractivity contribution in [1.82, 2.24) is 4.98 Å². The highest BCUT2D eigenvalue weighted by molar-refractivity contribution is 7.17. The third-order valence-electron chi connectivity index (χ3n) is 4.22. The summed E-state index contributed by atoms with van der Waals surface area (Å²) in [7, 11) is 0. The fourth-order valence-electron chi connectivity index (χ4n) is 2.73. The Balaban J connectivity index is 1.71. The molecule has 0 aliphatic heterocycles. The first-order valence-corrected chi connectivity index (χ1v) is 10.3. The number of nitrogens with one attached hydrogen (secondary N) is 1. The number of amides is 1. The van der Waals surface area contributed by atoms with E-state index in [1.165, 1.54) is 12.1 Å². The van der Waals surface area contributed by atoms with E-state index in [4.69, 9.17) is 9.47 Å². The maximum atomic E-state index is 12.8. The fourth-order valence-corrected chi connectivity index (χ4v) is 3.70. The maximum Gasteiger partial charge on any atom is 0.416 e. The number of hydrogen-bond donors (Lipinski definition) is 1. The fraction of sp³-hybridized carbons (Fsp3) is 0.227. The van der Waals surface area contributed by atoms with E-state index in [0.717, 1.165) is 23.5 Å². The van der Waals surface area contributed by atoms with Crippen molar-refractivity contribution < 1.29 is 32.2 Å². The first-order valence-electron chi connectivity index (χ1n) is 9.52. The third kappa shape index (κ3) is 5.85. The van der Waals surface area contributed by atoms with Gasteiger partial charge >= 0.3 is 12.1 Å². The van der Waals surface area contributed by atoms with Crippen LogP contribution in [0.3, 0.4) is 0 Å². The second kappa shape index (κ2) is 9.82. The lowest BCUT2D eigenvalue weighted by atomic mass is 10.1. The predicted molar refractivity (Wildman–Crippen MR) is 114 cm³/mol. The number of aryl methyl sites for hydroxylation is 1. The van der Waals surface area contributed by atoms with E-state index < -0.39 is 23.6 Å². The molecule has 1 amide bonds. The Hall–Kier alpha value is -3.40. The Kier molecular flexibility index (Phi) is 7.14.